The molecule has 1 aromatic heterocycles. The van der Waals surface area contributed by atoms with E-state index in [0.29, 0.717) is 12.2 Å². The lowest BCUT2D eigenvalue weighted by molar-refractivity contribution is 0.210. The highest BCUT2D eigenvalue weighted by Gasteiger charge is 2.18. The fourth-order valence-electron chi connectivity index (χ4n) is 1.80. The van der Waals surface area contributed by atoms with Gasteiger partial charge in [0.1, 0.15) is 11.8 Å². The maximum atomic E-state index is 8.78. The van der Waals surface area contributed by atoms with Crippen LogP contribution in [0.2, 0.25) is 0 Å². The van der Waals surface area contributed by atoms with Gasteiger partial charge >= 0.3 is 0 Å². The van der Waals surface area contributed by atoms with Crippen LogP contribution in [0.15, 0.2) is 18.3 Å². The molecule has 0 fully saturated rings. The molecule has 1 heterocycles. The molecule has 0 radical (unpaired) electrons. The van der Waals surface area contributed by atoms with E-state index in [4.69, 9.17) is 11.0 Å². The van der Waals surface area contributed by atoms with Gasteiger partial charge in [-0.25, -0.2) is 4.98 Å². The Balaban J connectivity index is 2.62. The van der Waals surface area contributed by atoms with E-state index in [2.05, 4.69) is 36.8 Å². The van der Waals surface area contributed by atoms with Gasteiger partial charge in [-0.15, -0.1) is 0 Å². The summed E-state index contributed by atoms with van der Waals surface area (Å²) >= 11 is 0. The first-order chi connectivity index (χ1) is 7.96. The zero-order valence-corrected chi connectivity index (χ0v) is 10.8. The monoisotopic (exact) mass is 232 g/mol. The van der Waals surface area contributed by atoms with Crippen LogP contribution >= 0.6 is 0 Å². The molecule has 4 nitrogen and oxygen atoms in total. The molecule has 0 unspecified atom stereocenters. The minimum atomic E-state index is 0.111. The molecule has 0 aliphatic heterocycles. The minimum Gasteiger partial charge on any atom is -0.330 e. The molecule has 0 atom stereocenters. The highest BCUT2D eigenvalue weighted by atomic mass is 15.1. The van der Waals surface area contributed by atoms with E-state index < -0.39 is 0 Å². The van der Waals surface area contributed by atoms with Crippen LogP contribution in [0.1, 0.15) is 25.1 Å². The number of nitrogens with two attached hydrogens (primary N) is 1. The molecule has 0 aliphatic rings. The number of nitriles is 1. The van der Waals surface area contributed by atoms with E-state index in [1.807, 2.05) is 12.1 Å². The summed E-state index contributed by atoms with van der Waals surface area (Å²) in [5.74, 6) is 0. The highest BCUT2D eigenvalue weighted by Crippen LogP contribution is 2.15. The summed E-state index contributed by atoms with van der Waals surface area (Å²) in [4.78, 5) is 6.17. The molecule has 92 valence electrons. The van der Waals surface area contributed by atoms with Crippen molar-refractivity contribution in [3.8, 4) is 6.07 Å². The van der Waals surface area contributed by atoms with E-state index in [1.54, 1.807) is 6.20 Å². The van der Waals surface area contributed by atoms with Gasteiger partial charge in [0.25, 0.3) is 0 Å². The summed E-state index contributed by atoms with van der Waals surface area (Å²) in [6.07, 6.45) is 1.68. The molecule has 17 heavy (non-hydrogen) atoms. The molecular formula is C13H20N4. The third-order valence-electron chi connectivity index (χ3n) is 2.64. The van der Waals surface area contributed by atoms with Gasteiger partial charge in [0.15, 0.2) is 0 Å². The molecule has 0 saturated carbocycles. The Morgan fingerprint density at radius 1 is 1.53 bits per heavy atom. The van der Waals surface area contributed by atoms with E-state index in [-0.39, 0.29) is 5.41 Å². The van der Waals surface area contributed by atoms with Gasteiger partial charge in [0, 0.05) is 19.3 Å². The Labute approximate surface area is 103 Å². The summed E-state index contributed by atoms with van der Waals surface area (Å²) in [6.45, 7) is 6.69. The summed E-state index contributed by atoms with van der Waals surface area (Å²) in [5.41, 5.74) is 7.40. The van der Waals surface area contributed by atoms with E-state index in [1.165, 1.54) is 0 Å². The van der Waals surface area contributed by atoms with Gasteiger partial charge in [-0.3, -0.25) is 0 Å². The average molecular weight is 232 g/mol. The standard InChI is InChI=1S/C13H20N4/c1-13(2,9-15)10-17(3)8-11-4-5-16-12(6-11)7-14/h4-6H,8-10,15H2,1-3H3. The molecule has 1 rings (SSSR count). The van der Waals surface area contributed by atoms with Gasteiger partial charge in [0.05, 0.1) is 0 Å². The van der Waals surface area contributed by atoms with Gasteiger partial charge in [-0.1, -0.05) is 13.8 Å². The third-order valence-corrected chi connectivity index (χ3v) is 2.64. The molecule has 0 saturated heterocycles. The number of rotatable bonds is 5. The maximum absolute atomic E-state index is 8.78. The quantitative estimate of drug-likeness (QED) is 0.832. The third kappa shape index (κ3) is 4.51. The molecule has 1 aromatic rings. The summed E-state index contributed by atoms with van der Waals surface area (Å²) in [5, 5.41) is 8.78. The molecule has 4 heteroatoms. The number of aromatic nitrogens is 1. The first-order valence-corrected chi connectivity index (χ1v) is 5.70. The lowest BCUT2D eigenvalue weighted by Crippen LogP contribution is -2.36. The molecular weight excluding hydrogens is 212 g/mol. The van der Waals surface area contributed by atoms with Crippen LogP contribution < -0.4 is 5.73 Å². The predicted molar refractivity (Wildman–Crippen MR) is 68.1 cm³/mol. The van der Waals surface area contributed by atoms with Gasteiger partial charge in [-0.2, -0.15) is 5.26 Å². The molecule has 2 N–H and O–H groups in total. The van der Waals surface area contributed by atoms with Crippen molar-refractivity contribution in [2.75, 3.05) is 20.1 Å². The Hall–Kier alpha value is -1.44. The molecule has 0 spiro atoms. The number of pyridine rings is 1. The second kappa shape index (κ2) is 5.76. The number of hydrogen-bond acceptors (Lipinski definition) is 4. The number of nitrogens with zero attached hydrogens (tertiary/aromatic N) is 3. The predicted octanol–water partition coefficient (Wildman–Crippen LogP) is 1.37. The first kappa shape index (κ1) is 13.6. The lowest BCUT2D eigenvalue weighted by atomic mass is 9.93. The van der Waals surface area contributed by atoms with Crippen LogP contribution in [0.4, 0.5) is 0 Å². The van der Waals surface area contributed by atoms with Crippen LogP contribution in [-0.4, -0.2) is 30.0 Å². The first-order valence-electron chi connectivity index (χ1n) is 5.70. The van der Waals surface area contributed by atoms with Crippen molar-refractivity contribution >= 4 is 0 Å². The van der Waals surface area contributed by atoms with E-state index in [0.717, 1.165) is 18.7 Å². The average Bonchev–Trinajstić information content (AvgIpc) is 2.28. The summed E-state index contributed by atoms with van der Waals surface area (Å²) in [7, 11) is 2.06. The fraction of sp³-hybridized carbons (Fsp3) is 0.538. The Kier molecular flexibility index (Phi) is 4.62. The van der Waals surface area contributed by atoms with Crippen LogP contribution in [-0.2, 0) is 6.54 Å². The van der Waals surface area contributed by atoms with Crippen LogP contribution in [0.3, 0.4) is 0 Å². The molecule has 0 bridgehead atoms. The van der Waals surface area contributed by atoms with Gasteiger partial charge in [-0.05, 0) is 36.7 Å². The van der Waals surface area contributed by atoms with E-state index >= 15 is 0 Å². The summed E-state index contributed by atoms with van der Waals surface area (Å²) in [6, 6.07) is 5.81. The Bertz CT molecular complexity index is 406. The van der Waals surface area contributed by atoms with Crippen molar-refractivity contribution in [3.63, 3.8) is 0 Å². The number of hydrogen-bond donors (Lipinski definition) is 1. The highest BCUT2D eigenvalue weighted by molar-refractivity contribution is 5.25. The minimum absolute atomic E-state index is 0.111. The Morgan fingerprint density at radius 3 is 2.82 bits per heavy atom. The zero-order chi connectivity index (χ0) is 12.9. The van der Waals surface area contributed by atoms with Crippen molar-refractivity contribution in [1.82, 2.24) is 9.88 Å². The van der Waals surface area contributed by atoms with Crippen molar-refractivity contribution < 1.29 is 0 Å². The van der Waals surface area contributed by atoms with E-state index in [9.17, 15) is 0 Å². The van der Waals surface area contributed by atoms with Gasteiger partial charge in [0.2, 0.25) is 0 Å². The van der Waals surface area contributed by atoms with Crippen LogP contribution in [0, 0.1) is 16.7 Å². The zero-order valence-electron chi connectivity index (χ0n) is 10.8. The second-order valence-corrected chi connectivity index (χ2v) is 5.20. The molecule has 0 amide bonds. The van der Waals surface area contributed by atoms with Crippen molar-refractivity contribution in [3.05, 3.63) is 29.6 Å². The smallest absolute Gasteiger partial charge is 0.140 e. The maximum Gasteiger partial charge on any atom is 0.140 e. The second-order valence-electron chi connectivity index (χ2n) is 5.20. The van der Waals surface area contributed by atoms with Gasteiger partial charge < -0.3 is 10.6 Å². The van der Waals surface area contributed by atoms with Crippen molar-refractivity contribution in [2.45, 2.75) is 20.4 Å². The fourth-order valence-corrected chi connectivity index (χ4v) is 1.80. The van der Waals surface area contributed by atoms with Crippen molar-refractivity contribution in [2.24, 2.45) is 11.1 Å². The topological polar surface area (TPSA) is 65.9 Å². The normalized spacial score (nSPS) is 11.5. The lowest BCUT2D eigenvalue weighted by Gasteiger charge is -2.29. The van der Waals surface area contributed by atoms with Crippen LogP contribution in [0.25, 0.3) is 0 Å². The van der Waals surface area contributed by atoms with Crippen LogP contribution in [0.5, 0.6) is 0 Å². The molecule has 0 aromatic carbocycles. The Morgan fingerprint density at radius 2 is 2.24 bits per heavy atom. The summed E-state index contributed by atoms with van der Waals surface area (Å²) < 4.78 is 0. The largest absolute Gasteiger partial charge is 0.330 e. The van der Waals surface area contributed by atoms with Crippen molar-refractivity contribution in [1.29, 1.82) is 5.26 Å². The molecule has 0 aliphatic carbocycles. The SMILES string of the molecule is CN(Cc1ccnc(C#N)c1)CC(C)(C)CN.